The number of carbonyl (C=O) groups is 1. The summed E-state index contributed by atoms with van der Waals surface area (Å²) in [5.41, 5.74) is 5.06. The quantitative estimate of drug-likeness (QED) is 0.873. The lowest BCUT2D eigenvalue weighted by atomic mass is 10.2. The highest BCUT2D eigenvalue weighted by Gasteiger charge is 2.31. The van der Waals surface area contributed by atoms with E-state index in [2.05, 4.69) is 9.47 Å². The molecule has 0 unspecified atom stereocenters. The molecule has 0 aromatic heterocycles. The van der Waals surface area contributed by atoms with Crippen LogP contribution in [0.4, 0.5) is 18.0 Å². The number of amides is 1. The van der Waals surface area contributed by atoms with Crippen LogP contribution in [0.1, 0.15) is 5.56 Å². The van der Waals surface area contributed by atoms with Gasteiger partial charge in [0.1, 0.15) is 12.4 Å². The Morgan fingerprint density at radius 1 is 1.38 bits per heavy atom. The van der Waals surface area contributed by atoms with Crippen molar-refractivity contribution in [2.24, 2.45) is 5.73 Å². The van der Waals surface area contributed by atoms with Crippen molar-refractivity contribution in [1.82, 2.24) is 0 Å². The first-order valence-electron chi connectivity index (χ1n) is 4.14. The van der Waals surface area contributed by atoms with Gasteiger partial charge in [-0.1, -0.05) is 12.1 Å². The van der Waals surface area contributed by atoms with Gasteiger partial charge in [-0.3, -0.25) is 0 Å². The number of nitrogens with two attached hydrogens (primary N) is 1. The second-order valence-electron chi connectivity index (χ2n) is 2.80. The lowest BCUT2D eigenvalue weighted by molar-refractivity contribution is -0.274. The van der Waals surface area contributed by atoms with Gasteiger partial charge in [-0.15, -0.1) is 13.2 Å². The van der Waals surface area contributed by atoms with Crippen LogP contribution >= 0.6 is 0 Å². The number of alkyl halides is 3. The highest BCUT2D eigenvalue weighted by atomic mass is 19.4. The van der Waals surface area contributed by atoms with Crippen molar-refractivity contribution in [1.29, 1.82) is 0 Å². The molecule has 0 bridgehead atoms. The minimum Gasteiger partial charge on any atom is -0.445 e. The van der Waals surface area contributed by atoms with Crippen LogP contribution in [0.3, 0.4) is 0 Å². The first-order valence-corrected chi connectivity index (χ1v) is 4.14. The average Bonchev–Trinajstić information content (AvgIpc) is 2.12. The standard InChI is InChI=1S/C9H8F3NO3/c10-9(11,12)16-7-3-1-2-6(4-7)5-15-8(13)14/h1-4H,5H2,(H2,13,14). The zero-order valence-corrected chi connectivity index (χ0v) is 7.95. The molecule has 1 amide bonds. The Balaban J connectivity index is 2.67. The number of rotatable bonds is 3. The smallest absolute Gasteiger partial charge is 0.445 e. The van der Waals surface area contributed by atoms with Gasteiger partial charge in [0.2, 0.25) is 0 Å². The van der Waals surface area contributed by atoms with Crippen molar-refractivity contribution >= 4 is 6.09 Å². The Bertz CT molecular complexity index is 379. The second kappa shape index (κ2) is 4.73. The molecule has 0 heterocycles. The Morgan fingerprint density at radius 2 is 2.06 bits per heavy atom. The summed E-state index contributed by atoms with van der Waals surface area (Å²) in [5.74, 6) is -0.377. The molecule has 2 N–H and O–H groups in total. The number of benzene rings is 1. The lowest BCUT2D eigenvalue weighted by Crippen LogP contribution is -2.17. The molecule has 1 aromatic carbocycles. The Kier molecular flexibility index (Phi) is 3.60. The molecule has 0 aliphatic carbocycles. The lowest BCUT2D eigenvalue weighted by Gasteiger charge is -2.09. The minimum absolute atomic E-state index is 0.204. The molecule has 0 spiro atoms. The first kappa shape index (κ1) is 12.2. The van der Waals surface area contributed by atoms with E-state index < -0.39 is 12.5 Å². The van der Waals surface area contributed by atoms with Gasteiger partial charge in [0.15, 0.2) is 0 Å². The van der Waals surface area contributed by atoms with Crippen molar-refractivity contribution in [3.05, 3.63) is 29.8 Å². The van der Waals surface area contributed by atoms with Crippen LogP contribution < -0.4 is 10.5 Å². The summed E-state index contributed by atoms with van der Waals surface area (Å²) in [4.78, 5) is 10.3. The van der Waals surface area contributed by atoms with Crippen LogP contribution in [0.5, 0.6) is 5.75 Å². The number of hydrogen-bond acceptors (Lipinski definition) is 3. The summed E-state index contributed by atoms with van der Waals surface area (Å²) in [5, 5.41) is 0. The molecule has 0 aliphatic heterocycles. The van der Waals surface area contributed by atoms with Crippen molar-refractivity contribution < 1.29 is 27.4 Å². The van der Waals surface area contributed by atoms with Crippen LogP contribution in [0.15, 0.2) is 24.3 Å². The minimum atomic E-state index is -4.75. The zero-order valence-electron chi connectivity index (χ0n) is 7.95. The summed E-state index contributed by atoms with van der Waals surface area (Å²) >= 11 is 0. The fraction of sp³-hybridized carbons (Fsp3) is 0.222. The van der Waals surface area contributed by atoms with E-state index in [9.17, 15) is 18.0 Å². The molecule has 0 saturated heterocycles. The van der Waals surface area contributed by atoms with E-state index in [-0.39, 0.29) is 12.4 Å². The monoisotopic (exact) mass is 235 g/mol. The van der Waals surface area contributed by atoms with Gasteiger partial charge in [-0.05, 0) is 17.7 Å². The third kappa shape index (κ3) is 4.54. The van der Waals surface area contributed by atoms with E-state index in [4.69, 9.17) is 5.73 Å². The van der Waals surface area contributed by atoms with Crippen molar-refractivity contribution in [3.8, 4) is 5.75 Å². The molecule has 0 atom stereocenters. The van der Waals surface area contributed by atoms with Crippen molar-refractivity contribution in [3.63, 3.8) is 0 Å². The summed E-state index contributed by atoms with van der Waals surface area (Å²) < 4.78 is 43.7. The number of primary amides is 1. The van der Waals surface area contributed by atoms with E-state index in [0.29, 0.717) is 5.56 Å². The molecule has 1 aromatic rings. The first-order chi connectivity index (χ1) is 7.37. The molecular weight excluding hydrogens is 227 g/mol. The third-order valence-electron chi connectivity index (χ3n) is 1.51. The topological polar surface area (TPSA) is 61.6 Å². The van der Waals surface area contributed by atoms with Gasteiger partial charge in [0.05, 0.1) is 0 Å². The van der Waals surface area contributed by atoms with E-state index >= 15 is 0 Å². The fourth-order valence-electron chi connectivity index (χ4n) is 0.987. The second-order valence-corrected chi connectivity index (χ2v) is 2.80. The van der Waals surface area contributed by atoms with Gasteiger partial charge in [0, 0.05) is 0 Å². The van der Waals surface area contributed by atoms with Crippen molar-refractivity contribution in [2.75, 3.05) is 0 Å². The summed E-state index contributed by atoms with van der Waals surface area (Å²) in [6, 6.07) is 5.07. The van der Waals surface area contributed by atoms with Crippen LogP contribution in [0.2, 0.25) is 0 Å². The maximum Gasteiger partial charge on any atom is 0.573 e. The molecule has 0 radical (unpaired) electrons. The largest absolute Gasteiger partial charge is 0.573 e. The average molecular weight is 235 g/mol. The van der Waals surface area contributed by atoms with Crippen molar-refractivity contribution in [2.45, 2.75) is 13.0 Å². The molecule has 4 nitrogen and oxygen atoms in total. The van der Waals surface area contributed by atoms with Crippen LogP contribution in [-0.4, -0.2) is 12.5 Å². The molecule has 88 valence electrons. The highest BCUT2D eigenvalue weighted by Crippen LogP contribution is 2.23. The Morgan fingerprint density at radius 3 is 2.62 bits per heavy atom. The number of ether oxygens (including phenoxy) is 2. The molecule has 0 aliphatic rings. The zero-order chi connectivity index (χ0) is 12.2. The number of hydrogen-bond donors (Lipinski definition) is 1. The normalized spacial score (nSPS) is 10.9. The SMILES string of the molecule is NC(=O)OCc1cccc(OC(F)(F)F)c1. The van der Waals surface area contributed by atoms with E-state index in [1.165, 1.54) is 12.1 Å². The van der Waals surface area contributed by atoms with E-state index in [1.807, 2.05) is 0 Å². The summed E-state index contributed by atoms with van der Waals surface area (Å²) in [6.45, 7) is -0.204. The van der Waals surface area contributed by atoms with Gasteiger partial charge in [0.25, 0.3) is 0 Å². The maximum atomic E-state index is 11.9. The van der Waals surface area contributed by atoms with E-state index in [1.54, 1.807) is 0 Å². The van der Waals surface area contributed by atoms with Crippen LogP contribution in [0, 0.1) is 0 Å². The highest BCUT2D eigenvalue weighted by molar-refractivity contribution is 5.64. The Hall–Kier alpha value is -1.92. The van der Waals surface area contributed by atoms with Gasteiger partial charge >= 0.3 is 12.5 Å². The molecule has 7 heteroatoms. The molecule has 0 fully saturated rings. The van der Waals surface area contributed by atoms with Gasteiger partial charge in [-0.25, -0.2) is 4.79 Å². The van der Waals surface area contributed by atoms with Gasteiger partial charge < -0.3 is 15.2 Å². The predicted octanol–water partition coefficient (Wildman–Crippen LogP) is 2.18. The number of carbonyl (C=O) groups excluding carboxylic acids is 1. The third-order valence-corrected chi connectivity index (χ3v) is 1.51. The molecule has 0 saturated carbocycles. The van der Waals surface area contributed by atoms with E-state index in [0.717, 1.165) is 12.1 Å². The Labute approximate surface area is 88.8 Å². The van der Waals surface area contributed by atoms with Crippen LogP contribution in [-0.2, 0) is 11.3 Å². The molecule has 16 heavy (non-hydrogen) atoms. The summed E-state index contributed by atoms with van der Waals surface area (Å²) in [7, 11) is 0. The predicted molar refractivity (Wildman–Crippen MR) is 47.5 cm³/mol. The summed E-state index contributed by atoms with van der Waals surface area (Å²) in [6.07, 6.45) is -5.74. The maximum absolute atomic E-state index is 11.9. The van der Waals surface area contributed by atoms with Gasteiger partial charge in [-0.2, -0.15) is 0 Å². The fourth-order valence-corrected chi connectivity index (χ4v) is 0.987. The molecular formula is C9H8F3NO3. The molecule has 1 rings (SSSR count). The van der Waals surface area contributed by atoms with Crippen LogP contribution in [0.25, 0.3) is 0 Å². The number of halogens is 3.